The van der Waals surface area contributed by atoms with Gasteiger partial charge in [-0.3, -0.25) is 0 Å². The molecule has 0 fully saturated rings. The SMILES string of the molecule is CC1(C)C[C@H](OC(=O)c2ccccc2)c2cc(-c3ccc(Cl)cc3)c(-c3ccc(Cl)cc3Cl)nc2O1. The minimum absolute atomic E-state index is 0.399. The molecule has 36 heavy (non-hydrogen) atoms. The Kier molecular flexibility index (Phi) is 6.69. The molecule has 0 radical (unpaired) electrons. The number of hydrogen-bond donors (Lipinski definition) is 0. The minimum atomic E-state index is -0.607. The third kappa shape index (κ3) is 5.08. The Bertz CT molecular complexity index is 1440. The van der Waals surface area contributed by atoms with E-state index in [-0.39, 0.29) is 0 Å². The number of aromatic nitrogens is 1. The number of pyridine rings is 1. The predicted molar refractivity (Wildman–Crippen MR) is 144 cm³/mol. The van der Waals surface area contributed by atoms with Gasteiger partial charge in [0.25, 0.3) is 0 Å². The van der Waals surface area contributed by atoms with E-state index < -0.39 is 17.7 Å². The molecule has 5 rings (SSSR count). The number of hydrogen-bond acceptors (Lipinski definition) is 4. The predicted octanol–water partition coefficient (Wildman–Crippen LogP) is 8.84. The summed E-state index contributed by atoms with van der Waals surface area (Å²) in [6.07, 6.45) is -0.0776. The first-order valence-electron chi connectivity index (χ1n) is 11.4. The van der Waals surface area contributed by atoms with Crippen LogP contribution >= 0.6 is 34.8 Å². The normalized spacial score (nSPS) is 16.1. The summed E-state index contributed by atoms with van der Waals surface area (Å²) in [6.45, 7) is 3.89. The minimum Gasteiger partial charge on any atom is -0.471 e. The van der Waals surface area contributed by atoms with Gasteiger partial charge in [0.05, 0.1) is 21.8 Å². The maximum absolute atomic E-state index is 13.0. The van der Waals surface area contributed by atoms with E-state index in [1.165, 1.54) is 0 Å². The van der Waals surface area contributed by atoms with Crippen molar-refractivity contribution in [2.45, 2.75) is 32.0 Å². The second-order valence-corrected chi connectivity index (χ2v) is 10.5. The van der Waals surface area contributed by atoms with Crippen molar-refractivity contribution < 1.29 is 14.3 Å². The quantitative estimate of drug-likeness (QED) is 0.244. The van der Waals surface area contributed by atoms with Gasteiger partial charge in [0, 0.05) is 27.6 Å². The van der Waals surface area contributed by atoms with E-state index in [1.807, 2.05) is 56.3 Å². The molecule has 0 unspecified atom stereocenters. The van der Waals surface area contributed by atoms with Gasteiger partial charge in [0.15, 0.2) is 0 Å². The molecule has 1 aromatic heterocycles. The van der Waals surface area contributed by atoms with Crippen molar-refractivity contribution in [3.05, 3.63) is 105 Å². The Hall–Kier alpha value is -3.05. The topological polar surface area (TPSA) is 48.4 Å². The molecule has 0 amide bonds. The number of nitrogens with zero attached hydrogens (tertiary/aromatic N) is 1. The molecule has 0 spiro atoms. The van der Waals surface area contributed by atoms with Gasteiger partial charge < -0.3 is 9.47 Å². The number of rotatable bonds is 4. The Labute approximate surface area is 224 Å². The van der Waals surface area contributed by atoms with E-state index in [9.17, 15) is 4.79 Å². The lowest BCUT2D eigenvalue weighted by Crippen LogP contribution is -2.36. The van der Waals surface area contributed by atoms with E-state index >= 15 is 0 Å². The maximum Gasteiger partial charge on any atom is 0.338 e. The highest BCUT2D eigenvalue weighted by atomic mass is 35.5. The second-order valence-electron chi connectivity index (χ2n) is 9.24. The van der Waals surface area contributed by atoms with Gasteiger partial charge in [0.1, 0.15) is 11.7 Å². The Morgan fingerprint density at radius 2 is 1.61 bits per heavy atom. The summed E-state index contributed by atoms with van der Waals surface area (Å²) in [5.41, 5.74) is 3.59. The molecule has 0 aliphatic carbocycles. The number of carbonyl (C=O) groups excluding carboxylic acids is 1. The molecule has 3 aromatic carbocycles. The van der Waals surface area contributed by atoms with Crippen LogP contribution in [0.4, 0.5) is 0 Å². The van der Waals surface area contributed by atoms with E-state index in [4.69, 9.17) is 49.3 Å². The van der Waals surface area contributed by atoms with Crippen molar-refractivity contribution >= 4 is 40.8 Å². The van der Waals surface area contributed by atoms with Gasteiger partial charge in [-0.05, 0) is 67.9 Å². The van der Waals surface area contributed by atoms with Crippen LogP contribution in [0, 0.1) is 0 Å². The molecule has 1 atom stereocenters. The molecule has 0 saturated heterocycles. The molecule has 182 valence electrons. The van der Waals surface area contributed by atoms with Crippen molar-refractivity contribution in [1.29, 1.82) is 0 Å². The average Bonchev–Trinajstić information content (AvgIpc) is 2.84. The van der Waals surface area contributed by atoms with Crippen LogP contribution in [0.2, 0.25) is 15.1 Å². The van der Waals surface area contributed by atoms with Crippen molar-refractivity contribution in [2.24, 2.45) is 0 Å². The molecule has 0 saturated carbocycles. The molecule has 7 heteroatoms. The molecular formula is C29H22Cl3NO3. The van der Waals surface area contributed by atoms with E-state index in [2.05, 4.69) is 0 Å². The van der Waals surface area contributed by atoms with Crippen LogP contribution in [-0.4, -0.2) is 16.6 Å². The van der Waals surface area contributed by atoms with Crippen LogP contribution in [0.25, 0.3) is 22.4 Å². The summed E-state index contributed by atoms with van der Waals surface area (Å²) in [6, 6.07) is 23.6. The van der Waals surface area contributed by atoms with Crippen LogP contribution in [0.3, 0.4) is 0 Å². The van der Waals surface area contributed by atoms with Gasteiger partial charge in [-0.1, -0.05) is 65.1 Å². The zero-order chi connectivity index (χ0) is 25.4. The summed E-state index contributed by atoms with van der Waals surface area (Å²) < 4.78 is 12.3. The van der Waals surface area contributed by atoms with Crippen molar-refractivity contribution in [3.8, 4) is 28.3 Å². The number of benzene rings is 3. The van der Waals surface area contributed by atoms with Gasteiger partial charge in [-0.25, -0.2) is 9.78 Å². The number of esters is 1. The van der Waals surface area contributed by atoms with Gasteiger partial charge in [-0.2, -0.15) is 0 Å². The fourth-order valence-corrected chi connectivity index (χ4v) is 4.92. The van der Waals surface area contributed by atoms with Crippen LogP contribution in [0.5, 0.6) is 5.88 Å². The van der Waals surface area contributed by atoms with Gasteiger partial charge >= 0.3 is 5.97 Å². The first kappa shape index (κ1) is 24.6. The summed E-state index contributed by atoms with van der Waals surface area (Å²) >= 11 is 18.9. The Morgan fingerprint density at radius 1 is 0.917 bits per heavy atom. The molecule has 4 nitrogen and oxygen atoms in total. The summed E-state index contributed by atoms with van der Waals surface area (Å²) in [5.74, 6) is -0.00189. The number of fused-ring (bicyclic) bond motifs is 1. The van der Waals surface area contributed by atoms with E-state index in [0.29, 0.717) is 49.8 Å². The Morgan fingerprint density at radius 3 is 2.31 bits per heavy atom. The monoisotopic (exact) mass is 537 g/mol. The summed E-state index contributed by atoms with van der Waals surface area (Å²) in [4.78, 5) is 17.9. The molecule has 1 aliphatic rings. The number of ether oxygens (including phenoxy) is 2. The summed E-state index contributed by atoms with van der Waals surface area (Å²) in [7, 11) is 0. The highest BCUT2D eigenvalue weighted by Crippen LogP contribution is 2.46. The second kappa shape index (κ2) is 9.78. The molecule has 2 heterocycles. The lowest BCUT2D eigenvalue weighted by atomic mass is 9.90. The highest BCUT2D eigenvalue weighted by Gasteiger charge is 2.38. The zero-order valence-electron chi connectivity index (χ0n) is 19.6. The standard InChI is InChI=1S/C29H22Cl3NO3/c1-29(2)16-25(35-28(34)18-6-4-3-5-7-18)23-15-22(17-8-10-19(30)11-9-17)26(33-27(23)36-29)21-13-12-20(31)14-24(21)32/h3-15,25H,16H2,1-2H3/t25-/m0/s1. The fraction of sp³-hybridized carbons (Fsp3) is 0.172. The van der Waals surface area contributed by atoms with Crippen molar-refractivity contribution in [1.82, 2.24) is 4.98 Å². The van der Waals surface area contributed by atoms with Crippen molar-refractivity contribution in [2.75, 3.05) is 0 Å². The molecule has 0 bridgehead atoms. The third-order valence-electron chi connectivity index (χ3n) is 6.01. The van der Waals surface area contributed by atoms with Crippen LogP contribution < -0.4 is 4.74 Å². The van der Waals surface area contributed by atoms with E-state index in [0.717, 1.165) is 11.1 Å². The first-order valence-corrected chi connectivity index (χ1v) is 12.5. The molecule has 0 N–H and O–H groups in total. The smallest absolute Gasteiger partial charge is 0.338 e. The van der Waals surface area contributed by atoms with E-state index in [1.54, 1.807) is 36.4 Å². The zero-order valence-corrected chi connectivity index (χ0v) is 21.9. The van der Waals surface area contributed by atoms with Crippen LogP contribution in [0.1, 0.15) is 42.3 Å². The van der Waals surface area contributed by atoms with Crippen molar-refractivity contribution in [3.63, 3.8) is 0 Å². The lowest BCUT2D eigenvalue weighted by Gasteiger charge is -2.37. The molecule has 1 aliphatic heterocycles. The fourth-order valence-electron chi connectivity index (χ4n) is 4.30. The maximum atomic E-state index is 13.0. The van der Waals surface area contributed by atoms with Crippen LogP contribution in [0.15, 0.2) is 78.9 Å². The van der Waals surface area contributed by atoms with Gasteiger partial charge in [-0.15, -0.1) is 0 Å². The molecular weight excluding hydrogens is 517 g/mol. The summed E-state index contributed by atoms with van der Waals surface area (Å²) in [5, 5.41) is 1.61. The highest BCUT2D eigenvalue weighted by molar-refractivity contribution is 6.36. The van der Waals surface area contributed by atoms with Gasteiger partial charge in [0.2, 0.25) is 5.88 Å². The first-order chi connectivity index (χ1) is 17.2. The third-order valence-corrected chi connectivity index (χ3v) is 6.81. The number of halogens is 3. The molecule has 4 aromatic rings. The largest absolute Gasteiger partial charge is 0.471 e. The Balaban J connectivity index is 1.67. The number of carbonyl (C=O) groups is 1. The lowest BCUT2D eigenvalue weighted by molar-refractivity contribution is -0.0184. The van der Waals surface area contributed by atoms with Crippen LogP contribution in [-0.2, 0) is 4.74 Å². The average molecular weight is 539 g/mol.